The maximum Gasteiger partial charge on any atom is 0.170 e. The van der Waals surface area contributed by atoms with Crippen LogP contribution in [0.3, 0.4) is 0 Å². The Hall–Kier alpha value is -2.29. The van der Waals surface area contributed by atoms with Gasteiger partial charge in [-0.25, -0.2) is 0 Å². The molecule has 0 aliphatic rings. The normalized spacial score (nSPS) is 11.6. The predicted molar refractivity (Wildman–Crippen MR) is 92.2 cm³/mol. The first-order valence-electron chi connectivity index (χ1n) is 7.92. The first-order chi connectivity index (χ1) is 10.7. The summed E-state index contributed by atoms with van der Waals surface area (Å²) in [4.78, 5) is 0. The standard InChI is InChI=1S/C19H24N2O/c1-2-3-4-5-6-15-7-9-16(10-8-15)17-11-13-18(14-12-17)19(20)21-22/h7-14,22H,2-6H2,1H3,(H2,20,21). The largest absolute Gasteiger partial charge is 0.409 e. The van der Waals surface area contributed by atoms with Gasteiger partial charge in [0.25, 0.3) is 0 Å². The molecule has 2 rings (SSSR count). The fourth-order valence-electron chi connectivity index (χ4n) is 2.51. The van der Waals surface area contributed by atoms with E-state index in [1.165, 1.54) is 36.8 Å². The Labute approximate surface area is 132 Å². The quantitative estimate of drug-likeness (QED) is 0.258. The first kappa shape index (κ1) is 16.1. The summed E-state index contributed by atoms with van der Waals surface area (Å²) in [7, 11) is 0. The van der Waals surface area contributed by atoms with Gasteiger partial charge in [-0.15, -0.1) is 0 Å². The van der Waals surface area contributed by atoms with E-state index >= 15 is 0 Å². The minimum absolute atomic E-state index is 0.133. The zero-order valence-corrected chi connectivity index (χ0v) is 13.1. The summed E-state index contributed by atoms with van der Waals surface area (Å²) in [5.41, 5.74) is 10.0. The smallest absolute Gasteiger partial charge is 0.170 e. The average molecular weight is 296 g/mol. The number of amidine groups is 1. The van der Waals surface area contributed by atoms with Gasteiger partial charge in [0.15, 0.2) is 5.84 Å². The number of rotatable bonds is 7. The molecule has 0 aliphatic heterocycles. The van der Waals surface area contributed by atoms with Crippen molar-refractivity contribution in [2.24, 2.45) is 10.9 Å². The molecule has 0 spiro atoms. The van der Waals surface area contributed by atoms with Crippen molar-refractivity contribution < 1.29 is 5.21 Å². The Balaban J connectivity index is 2.01. The summed E-state index contributed by atoms with van der Waals surface area (Å²) >= 11 is 0. The molecule has 0 saturated heterocycles. The van der Waals surface area contributed by atoms with Crippen LogP contribution in [-0.2, 0) is 6.42 Å². The Bertz CT molecular complexity index is 600. The minimum Gasteiger partial charge on any atom is -0.409 e. The number of nitrogens with zero attached hydrogens (tertiary/aromatic N) is 1. The van der Waals surface area contributed by atoms with Crippen LogP contribution in [-0.4, -0.2) is 11.0 Å². The van der Waals surface area contributed by atoms with Crippen molar-refractivity contribution in [3.8, 4) is 11.1 Å². The molecule has 0 bridgehead atoms. The second-order valence-electron chi connectivity index (χ2n) is 5.57. The maximum atomic E-state index is 8.67. The third-order valence-corrected chi connectivity index (χ3v) is 3.89. The number of hydrogen-bond donors (Lipinski definition) is 2. The molecule has 0 fully saturated rings. The third-order valence-electron chi connectivity index (χ3n) is 3.89. The lowest BCUT2D eigenvalue weighted by molar-refractivity contribution is 0.318. The number of benzene rings is 2. The summed E-state index contributed by atoms with van der Waals surface area (Å²) in [5, 5.41) is 11.7. The van der Waals surface area contributed by atoms with E-state index in [1.54, 1.807) is 0 Å². The molecule has 0 amide bonds. The molecule has 3 heteroatoms. The molecule has 0 aliphatic carbocycles. The minimum atomic E-state index is 0.133. The van der Waals surface area contributed by atoms with E-state index < -0.39 is 0 Å². The summed E-state index contributed by atoms with van der Waals surface area (Å²) in [5.74, 6) is 0.133. The maximum absolute atomic E-state index is 8.67. The molecule has 0 radical (unpaired) electrons. The topological polar surface area (TPSA) is 58.6 Å². The highest BCUT2D eigenvalue weighted by Gasteiger charge is 2.02. The van der Waals surface area contributed by atoms with E-state index in [1.807, 2.05) is 24.3 Å². The average Bonchev–Trinajstić information content (AvgIpc) is 2.59. The molecule has 2 aromatic rings. The second-order valence-corrected chi connectivity index (χ2v) is 5.57. The number of hydrogen-bond acceptors (Lipinski definition) is 2. The van der Waals surface area contributed by atoms with Gasteiger partial charge in [-0.1, -0.05) is 79.9 Å². The Morgan fingerprint density at radius 3 is 2.05 bits per heavy atom. The fourth-order valence-corrected chi connectivity index (χ4v) is 2.51. The predicted octanol–water partition coefficient (Wildman–Crippen LogP) is 4.57. The van der Waals surface area contributed by atoms with Crippen LogP contribution in [0.4, 0.5) is 0 Å². The Morgan fingerprint density at radius 2 is 1.50 bits per heavy atom. The van der Waals surface area contributed by atoms with Crippen molar-refractivity contribution in [3.63, 3.8) is 0 Å². The molecule has 0 unspecified atom stereocenters. The van der Waals surface area contributed by atoms with E-state index in [9.17, 15) is 0 Å². The number of aryl methyl sites for hydroxylation is 1. The summed E-state index contributed by atoms with van der Waals surface area (Å²) in [6.07, 6.45) is 6.34. The van der Waals surface area contributed by atoms with Crippen molar-refractivity contribution in [1.82, 2.24) is 0 Å². The van der Waals surface area contributed by atoms with Gasteiger partial charge < -0.3 is 10.9 Å². The lowest BCUT2D eigenvalue weighted by Crippen LogP contribution is -2.12. The van der Waals surface area contributed by atoms with Crippen LogP contribution in [0.1, 0.15) is 43.7 Å². The van der Waals surface area contributed by atoms with Crippen molar-refractivity contribution in [1.29, 1.82) is 0 Å². The van der Waals surface area contributed by atoms with Gasteiger partial charge >= 0.3 is 0 Å². The monoisotopic (exact) mass is 296 g/mol. The molecule has 0 saturated carbocycles. The number of nitrogens with two attached hydrogens (primary N) is 1. The molecule has 2 aromatic carbocycles. The number of oxime groups is 1. The van der Waals surface area contributed by atoms with Crippen molar-refractivity contribution in [2.45, 2.75) is 39.0 Å². The zero-order chi connectivity index (χ0) is 15.8. The van der Waals surface area contributed by atoms with Gasteiger partial charge in [-0.05, 0) is 29.5 Å². The molecule has 0 aromatic heterocycles. The van der Waals surface area contributed by atoms with Crippen LogP contribution >= 0.6 is 0 Å². The van der Waals surface area contributed by atoms with E-state index in [4.69, 9.17) is 10.9 Å². The van der Waals surface area contributed by atoms with Crippen LogP contribution in [0.15, 0.2) is 53.7 Å². The summed E-state index contributed by atoms with van der Waals surface area (Å²) in [6.45, 7) is 2.24. The van der Waals surface area contributed by atoms with Crippen LogP contribution in [0.2, 0.25) is 0 Å². The van der Waals surface area contributed by atoms with E-state index in [-0.39, 0.29) is 5.84 Å². The van der Waals surface area contributed by atoms with Gasteiger partial charge in [-0.2, -0.15) is 0 Å². The van der Waals surface area contributed by atoms with Crippen LogP contribution in [0.5, 0.6) is 0 Å². The highest BCUT2D eigenvalue weighted by Crippen LogP contribution is 2.21. The summed E-state index contributed by atoms with van der Waals surface area (Å²) < 4.78 is 0. The highest BCUT2D eigenvalue weighted by atomic mass is 16.4. The SMILES string of the molecule is CCCCCCc1ccc(-c2ccc(C(N)=NO)cc2)cc1. The molecular weight excluding hydrogens is 272 g/mol. The Morgan fingerprint density at radius 1 is 0.909 bits per heavy atom. The fraction of sp³-hybridized carbons (Fsp3) is 0.316. The third kappa shape index (κ3) is 4.35. The van der Waals surface area contributed by atoms with Crippen molar-refractivity contribution >= 4 is 5.84 Å². The van der Waals surface area contributed by atoms with Gasteiger partial charge in [0.2, 0.25) is 0 Å². The molecule has 22 heavy (non-hydrogen) atoms. The molecule has 116 valence electrons. The zero-order valence-electron chi connectivity index (χ0n) is 13.1. The van der Waals surface area contributed by atoms with Crippen LogP contribution in [0.25, 0.3) is 11.1 Å². The molecule has 3 N–H and O–H groups in total. The molecular formula is C19H24N2O. The van der Waals surface area contributed by atoms with Crippen molar-refractivity contribution in [2.75, 3.05) is 0 Å². The lowest BCUT2D eigenvalue weighted by atomic mass is 10.00. The first-order valence-corrected chi connectivity index (χ1v) is 7.92. The molecule has 3 nitrogen and oxygen atoms in total. The van der Waals surface area contributed by atoms with Gasteiger partial charge in [0.05, 0.1) is 0 Å². The van der Waals surface area contributed by atoms with E-state index in [0.717, 1.165) is 17.5 Å². The van der Waals surface area contributed by atoms with Gasteiger partial charge in [0.1, 0.15) is 0 Å². The Kier molecular flexibility index (Phi) is 6.01. The van der Waals surface area contributed by atoms with E-state index in [2.05, 4.69) is 36.3 Å². The van der Waals surface area contributed by atoms with Crippen LogP contribution < -0.4 is 5.73 Å². The molecule has 0 heterocycles. The van der Waals surface area contributed by atoms with E-state index in [0.29, 0.717) is 0 Å². The summed E-state index contributed by atoms with van der Waals surface area (Å²) in [6, 6.07) is 16.4. The second kappa shape index (κ2) is 8.23. The number of unbranched alkanes of at least 4 members (excludes halogenated alkanes) is 3. The molecule has 0 atom stereocenters. The van der Waals surface area contributed by atoms with Crippen LogP contribution in [0, 0.1) is 0 Å². The lowest BCUT2D eigenvalue weighted by Gasteiger charge is -2.06. The van der Waals surface area contributed by atoms with Gasteiger partial charge in [0, 0.05) is 5.56 Å². The highest BCUT2D eigenvalue weighted by molar-refractivity contribution is 5.97. The van der Waals surface area contributed by atoms with Gasteiger partial charge in [-0.3, -0.25) is 0 Å². The van der Waals surface area contributed by atoms with Crippen molar-refractivity contribution in [3.05, 3.63) is 59.7 Å².